The van der Waals surface area contributed by atoms with E-state index in [0.717, 1.165) is 8.27 Å². The Bertz CT molecular complexity index is 65.7. The van der Waals surface area contributed by atoms with Crippen LogP contribution in [0.2, 0.25) is 0 Å². The van der Waals surface area contributed by atoms with Crippen LogP contribution in [0, 0.1) is 0 Å². The summed E-state index contributed by atoms with van der Waals surface area (Å²) >= 11 is 0.658. The Morgan fingerprint density at radius 3 is 3.00 bits per heavy atom. The van der Waals surface area contributed by atoms with Gasteiger partial charge in [0, 0.05) is 0 Å². The molecule has 5 heavy (non-hydrogen) atoms. The number of hydrogen-bond donors (Lipinski definition) is 0. The van der Waals surface area contributed by atoms with Crippen LogP contribution in [0.15, 0.2) is 10.7 Å². The van der Waals surface area contributed by atoms with Gasteiger partial charge in [-0.3, -0.25) is 0 Å². The van der Waals surface area contributed by atoms with Crippen LogP contribution in [0.25, 0.3) is 0 Å². The molecule has 0 N–H and O–H groups in total. The third kappa shape index (κ3) is 1.27. The van der Waals surface area contributed by atoms with Crippen LogP contribution in [-0.2, 0) is 0 Å². The Hall–Kier alpha value is 1.03. The molecule has 26 valence electrons. The van der Waals surface area contributed by atoms with Gasteiger partial charge in [0.2, 0.25) is 0 Å². The maximum absolute atomic E-state index is 2.33. The van der Waals surface area contributed by atoms with Crippen LogP contribution in [0.1, 0.15) is 0 Å². The molecule has 0 saturated heterocycles. The molecule has 0 saturated carbocycles. The summed E-state index contributed by atoms with van der Waals surface area (Å²) in [4.78, 5) is 2.33. The van der Waals surface area contributed by atoms with E-state index in [1.807, 2.05) is 0 Å². The summed E-state index contributed by atoms with van der Waals surface area (Å²) in [5, 5.41) is 0. The molecule has 0 nitrogen and oxygen atoms in total. The van der Waals surface area contributed by atoms with Crippen molar-refractivity contribution in [1.29, 1.82) is 0 Å². The zero-order valence-corrected chi connectivity index (χ0v) is 6.32. The van der Waals surface area contributed by atoms with Crippen molar-refractivity contribution in [2.45, 2.75) is 0 Å². The van der Waals surface area contributed by atoms with E-state index in [0.29, 0.717) is 14.8 Å². The summed E-state index contributed by atoms with van der Waals surface area (Å²) < 4.78 is 0. The van der Waals surface area contributed by atoms with Crippen molar-refractivity contribution in [2.75, 3.05) is 0 Å². The molecule has 1 aliphatic heterocycles. The molecule has 1 aliphatic rings. The van der Waals surface area contributed by atoms with E-state index in [1.54, 1.807) is 6.38 Å². The summed E-state index contributed by atoms with van der Waals surface area (Å²) in [6.45, 7) is 0. The molecule has 0 fully saturated rings. The summed E-state index contributed by atoms with van der Waals surface area (Å²) in [6, 6.07) is 0. The van der Waals surface area contributed by atoms with E-state index < -0.39 is 0 Å². The third-order valence-corrected chi connectivity index (χ3v) is 8.27. The average molecular weight is 164 g/mol. The van der Waals surface area contributed by atoms with Crippen molar-refractivity contribution in [3.05, 3.63) is 10.7 Å². The van der Waals surface area contributed by atoms with Gasteiger partial charge in [-0.25, -0.2) is 0 Å². The normalized spacial score (nSPS) is 28.8. The SMILES string of the molecule is C1=C[As]=PP1. The number of hydrogen-bond acceptors (Lipinski definition) is 0. The first-order valence-electron chi connectivity index (χ1n) is 1.30. The molecule has 0 aliphatic carbocycles. The quantitative estimate of drug-likeness (QED) is 0.377. The molecule has 1 unspecified atom stereocenters. The monoisotopic (exact) mass is 164 g/mol. The first kappa shape index (κ1) is 4.19. The van der Waals surface area contributed by atoms with Gasteiger partial charge in [-0.15, -0.1) is 0 Å². The van der Waals surface area contributed by atoms with Crippen molar-refractivity contribution >= 4 is 29.5 Å². The minimum absolute atomic E-state index is 0.658. The molecule has 3 heteroatoms. The van der Waals surface area contributed by atoms with Crippen molar-refractivity contribution < 1.29 is 0 Å². The van der Waals surface area contributed by atoms with Gasteiger partial charge in [0.25, 0.3) is 0 Å². The second-order valence-corrected chi connectivity index (χ2v) is 8.91. The van der Waals surface area contributed by atoms with Gasteiger partial charge >= 0.3 is 40.1 Å². The summed E-state index contributed by atoms with van der Waals surface area (Å²) in [7, 11) is 1.14. The number of rotatable bonds is 0. The van der Waals surface area contributed by atoms with Crippen molar-refractivity contribution in [3.8, 4) is 0 Å². The van der Waals surface area contributed by atoms with E-state index in [-0.39, 0.29) is 0 Å². The van der Waals surface area contributed by atoms with Gasteiger partial charge in [0.15, 0.2) is 0 Å². The Labute approximate surface area is 40.6 Å². The Balaban J connectivity index is 2.61. The molecule has 1 atom stereocenters. The van der Waals surface area contributed by atoms with E-state index in [9.17, 15) is 0 Å². The zero-order valence-electron chi connectivity index (χ0n) is 2.55. The van der Waals surface area contributed by atoms with Crippen LogP contribution in [0.4, 0.5) is 0 Å². The van der Waals surface area contributed by atoms with Crippen LogP contribution in [0.5, 0.6) is 0 Å². The second-order valence-electron chi connectivity index (χ2n) is 0.660. The predicted octanol–water partition coefficient (Wildman–Crippen LogP) is 1.63. The minimum atomic E-state index is 0.658. The topological polar surface area (TPSA) is 0 Å². The van der Waals surface area contributed by atoms with Crippen molar-refractivity contribution in [2.24, 2.45) is 0 Å². The standard InChI is InChI=1S/C2H3AsP2/c1-2-4-5-3-1/h1-2,4H. The summed E-state index contributed by atoms with van der Waals surface area (Å²) in [5.74, 6) is 2.29. The Kier molecular flexibility index (Phi) is 1.88. The summed E-state index contributed by atoms with van der Waals surface area (Å²) in [6.07, 6.45) is 1.70. The first-order valence-corrected chi connectivity index (χ1v) is 7.67. The van der Waals surface area contributed by atoms with Gasteiger partial charge in [-0.1, -0.05) is 0 Å². The zero-order chi connectivity index (χ0) is 3.54. The van der Waals surface area contributed by atoms with E-state index in [1.165, 1.54) is 0 Å². The van der Waals surface area contributed by atoms with E-state index >= 15 is 0 Å². The molecule has 0 radical (unpaired) electrons. The van der Waals surface area contributed by atoms with Gasteiger partial charge < -0.3 is 0 Å². The predicted molar refractivity (Wildman–Crippen MR) is 30.1 cm³/mol. The van der Waals surface area contributed by atoms with E-state index in [2.05, 4.69) is 10.7 Å². The molecule has 0 aromatic carbocycles. The molecule has 1 heterocycles. The first-order chi connectivity index (χ1) is 2.50. The Morgan fingerprint density at radius 1 is 1.80 bits per heavy atom. The van der Waals surface area contributed by atoms with Gasteiger partial charge in [-0.2, -0.15) is 0 Å². The van der Waals surface area contributed by atoms with Crippen molar-refractivity contribution in [3.63, 3.8) is 0 Å². The van der Waals surface area contributed by atoms with E-state index in [4.69, 9.17) is 0 Å². The molecule has 0 spiro atoms. The average Bonchev–Trinajstić information content (AvgIpc) is 1.76. The van der Waals surface area contributed by atoms with Crippen LogP contribution < -0.4 is 0 Å². The van der Waals surface area contributed by atoms with Gasteiger partial charge in [0.05, 0.1) is 0 Å². The van der Waals surface area contributed by atoms with Gasteiger partial charge in [-0.05, 0) is 0 Å². The molecular formula is C2H3AsP2. The molecule has 0 bridgehead atoms. The van der Waals surface area contributed by atoms with Crippen LogP contribution in [-0.4, -0.2) is 14.8 Å². The maximum atomic E-state index is 2.33. The van der Waals surface area contributed by atoms with Gasteiger partial charge in [0.1, 0.15) is 0 Å². The van der Waals surface area contributed by atoms with Crippen LogP contribution in [0.3, 0.4) is 0 Å². The molecule has 0 aromatic heterocycles. The van der Waals surface area contributed by atoms with Crippen LogP contribution >= 0.6 is 14.7 Å². The molecule has 1 rings (SSSR count). The molecule has 0 aromatic rings. The molecular weight excluding hydrogens is 161 g/mol. The summed E-state index contributed by atoms with van der Waals surface area (Å²) in [5.41, 5.74) is 0. The van der Waals surface area contributed by atoms with Crippen molar-refractivity contribution in [1.82, 2.24) is 0 Å². The third-order valence-electron chi connectivity index (χ3n) is 0.331. The molecule has 0 amide bonds. The second kappa shape index (κ2) is 2.25. The fourth-order valence-corrected chi connectivity index (χ4v) is 7.79. The fourth-order valence-electron chi connectivity index (χ4n) is 0.167. The Morgan fingerprint density at radius 2 is 2.80 bits per heavy atom. The fraction of sp³-hybridized carbons (Fsp3) is 0.